The molecule has 3 heteroatoms. The summed E-state index contributed by atoms with van der Waals surface area (Å²) < 4.78 is 5.21. The Labute approximate surface area is 72.8 Å². The summed E-state index contributed by atoms with van der Waals surface area (Å²) >= 11 is 0. The van der Waals surface area contributed by atoms with Gasteiger partial charge in [0.1, 0.15) is 6.61 Å². The largest absolute Gasteiger partial charge is 0.368 e. The van der Waals surface area contributed by atoms with Crippen molar-refractivity contribution < 1.29 is 9.53 Å². The molecule has 68 valence electrons. The van der Waals surface area contributed by atoms with Gasteiger partial charge in [-0.2, -0.15) is 0 Å². The highest BCUT2D eigenvalue weighted by atomic mass is 16.5. The van der Waals surface area contributed by atoms with Crippen LogP contribution in [0, 0.1) is 0 Å². The Bertz CT molecular complexity index is 173. The van der Waals surface area contributed by atoms with E-state index in [1.165, 1.54) is 0 Å². The molecule has 0 aromatic carbocycles. The second-order valence-electron chi connectivity index (χ2n) is 2.88. The van der Waals surface area contributed by atoms with Crippen LogP contribution in [0.2, 0.25) is 0 Å². The van der Waals surface area contributed by atoms with E-state index in [1.807, 2.05) is 19.1 Å². The third-order valence-corrected chi connectivity index (χ3v) is 1.63. The quantitative estimate of drug-likeness (QED) is 0.620. The summed E-state index contributed by atoms with van der Waals surface area (Å²) in [6, 6.07) is 0. The van der Waals surface area contributed by atoms with Crippen LogP contribution in [0.5, 0.6) is 0 Å². The third kappa shape index (κ3) is 4.13. The third-order valence-electron chi connectivity index (χ3n) is 1.63. The molecule has 0 heterocycles. The van der Waals surface area contributed by atoms with E-state index in [0.717, 1.165) is 12.8 Å². The summed E-state index contributed by atoms with van der Waals surface area (Å²) in [5.41, 5.74) is 0. The first-order valence-electron chi connectivity index (χ1n) is 4.32. The van der Waals surface area contributed by atoms with Crippen LogP contribution in [-0.4, -0.2) is 25.2 Å². The molecule has 1 aliphatic carbocycles. The fourth-order valence-electron chi connectivity index (χ4n) is 0.770. The average Bonchev–Trinajstić information content (AvgIpc) is 2.84. The van der Waals surface area contributed by atoms with E-state index in [1.54, 1.807) is 0 Å². The molecule has 0 aromatic heterocycles. The van der Waals surface area contributed by atoms with Gasteiger partial charge >= 0.3 is 0 Å². The summed E-state index contributed by atoms with van der Waals surface area (Å²) in [4.78, 5) is 11.0. The van der Waals surface area contributed by atoms with Crippen LogP contribution in [0.25, 0.3) is 0 Å². The number of carbonyl (C=O) groups excluding carboxylic acids is 1. The molecule has 1 amide bonds. The standard InChI is InChI=1S/C9H15NO2/c1-2-3-6-10-9(11)7-12-8-4-5-8/h2-3,8H,4-7H2,1H3,(H,10,11)/b3-2+. The van der Waals surface area contributed by atoms with Crippen LogP contribution in [0.15, 0.2) is 12.2 Å². The van der Waals surface area contributed by atoms with Gasteiger partial charge in [0, 0.05) is 6.54 Å². The number of amides is 1. The first kappa shape index (κ1) is 9.26. The molecular formula is C9H15NO2. The van der Waals surface area contributed by atoms with Gasteiger partial charge in [-0.05, 0) is 19.8 Å². The van der Waals surface area contributed by atoms with Crippen molar-refractivity contribution in [2.45, 2.75) is 25.9 Å². The highest BCUT2D eigenvalue weighted by Gasteiger charge is 2.22. The number of ether oxygens (including phenoxy) is 1. The molecule has 1 N–H and O–H groups in total. The van der Waals surface area contributed by atoms with Gasteiger partial charge in [-0.25, -0.2) is 0 Å². The van der Waals surface area contributed by atoms with Gasteiger partial charge in [-0.3, -0.25) is 4.79 Å². The molecule has 0 bridgehead atoms. The molecule has 1 rings (SSSR count). The zero-order chi connectivity index (χ0) is 8.81. The molecule has 0 aromatic rings. The predicted molar refractivity (Wildman–Crippen MR) is 46.8 cm³/mol. The number of rotatable bonds is 5. The van der Waals surface area contributed by atoms with Crippen LogP contribution in [-0.2, 0) is 9.53 Å². The Morgan fingerprint density at radius 3 is 3.00 bits per heavy atom. The van der Waals surface area contributed by atoms with Crippen LogP contribution < -0.4 is 5.32 Å². The first-order chi connectivity index (χ1) is 5.83. The van der Waals surface area contributed by atoms with Gasteiger partial charge in [-0.1, -0.05) is 12.2 Å². The van der Waals surface area contributed by atoms with Gasteiger partial charge in [0.2, 0.25) is 5.91 Å². The van der Waals surface area contributed by atoms with E-state index in [9.17, 15) is 4.79 Å². The maximum absolute atomic E-state index is 11.0. The Kier molecular flexibility index (Phi) is 3.80. The molecule has 0 spiro atoms. The molecule has 1 fully saturated rings. The smallest absolute Gasteiger partial charge is 0.246 e. The van der Waals surface area contributed by atoms with Crippen molar-refractivity contribution in [2.24, 2.45) is 0 Å². The topological polar surface area (TPSA) is 38.3 Å². The van der Waals surface area contributed by atoms with Crippen molar-refractivity contribution in [1.29, 1.82) is 0 Å². The Balaban J connectivity index is 1.94. The molecule has 0 atom stereocenters. The van der Waals surface area contributed by atoms with Crippen LogP contribution in [0.1, 0.15) is 19.8 Å². The second kappa shape index (κ2) is 4.93. The Hall–Kier alpha value is -0.830. The zero-order valence-corrected chi connectivity index (χ0v) is 7.38. The minimum atomic E-state index is -0.0278. The fourth-order valence-corrected chi connectivity index (χ4v) is 0.770. The predicted octanol–water partition coefficient (Wildman–Crippen LogP) is 0.858. The molecule has 12 heavy (non-hydrogen) atoms. The highest BCUT2D eigenvalue weighted by molar-refractivity contribution is 5.77. The van der Waals surface area contributed by atoms with Crippen LogP contribution in [0.3, 0.4) is 0 Å². The number of allylic oxidation sites excluding steroid dienone is 1. The van der Waals surface area contributed by atoms with Gasteiger partial charge < -0.3 is 10.1 Å². The van der Waals surface area contributed by atoms with Crippen molar-refractivity contribution in [3.8, 4) is 0 Å². The lowest BCUT2D eigenvalue weighted by molar-refractivity contribution is -0.125. The number of nitrogens with one attached hydrogen (secondary N) is 1. The Morgan fingerprint density at radius 2 is 2.42 bits per heavy atom. The van der Waals surface area contributed by atoms with Crippen molar-refractivity contribution in [2.75, 3.05) is 13.2 Å². The molecule has 0 saturated heterocycles. The summed E-state index contributed by atoms with van der Waals surface area (Å²) in [5, 5.41) is 2.72. The minimum absolute atomic E-state index is 0.0278. The lowest BCUT2D eigenvalue weighted by Crippen LogP contribution is -2.27. The van der Waals surface area contributed by atoms with E-state index in [0.29, 0.717) is 12.6 Å². The molecule has 0 unspecified atom stereocenters. The molecule has 1 saturated carbocycles. The molecule has 3 nitrogen and oxygen atoms in total. The minimum Gasteiger partial charge on any atom is -0.368 e. The van der Waals surface area contributed by atoms with Crippen molar-refractivity contribution >= 4 is 5.91 Å². The highest BCUT2D eigenvalue weighted by Crippen LogP contribution is 2.22. The summed E-state index contributed by atoms with van der Waals surface area (Å²) in [6.45, 7) is 2.73. The SMILES string of the molecule is C/C=C/CNC(=O)COC1CC1. The number of hydrogen-bond acceptors (Lipinski definition) is 2. The van der Waals surface area contributed by atoms with E-state index in [4.69, 9.17) is 4.74 Å². The van der Waals surface area contributed by atoms with Gasteiger partial charge in [0.05, 0.1) is 6.10 Å². The Morgan fingerprint density at radius 1 is 1.67 bits per heavy atom. The first-order valence-corrected chi connectivity index (χ1v) is 4.32. The van der Waals surface area contributed by atoms with Crippen molar-refractivity contribution in [1.82, 2.24) is 5.32 Å². The molecule has 1 aliphatic rings. The normalized spacial score (nSPS) is 16.8. The lowest BCUT2D eigenvalue weighted by atomic mass is 10.5. The van der Waals surface area contributed by atoms with Crippen LogP contribution >= 0.6 is 0 Å². The van der Waals surface area contributed by atoms with E-state index < -0.39 is 0 Å². The van der Waals surface area contributed by atoms with Crippen molar-refractivity contribution in [3.63, 3.8) is 0 Å². The molecule has 0 aliphatic heterocycles. The average molecular weight is 169 g/mol. The number of carbonyl (C=O) groups is 1. The molecule has 0 radical (unpaired) electrons. The zero-order valence-electron chi connectivity index (χ0n) is 7.38. The molecular weight excluding hydrogens is 154 g/mol. The second-order valence-corrected chi connectivity index (χ2v) is 2.88. The van der Waals surface area contributed by atoms with Gasteiger partial charge in [0.25, 0.3) is 0 Å². The van der Waals surface area contributed by atoms with Crippen molar-refractivity contribution in [3.05, 3.63) is 12.2 Å². The van der Waals surface area contributed by atoms with Crippen LogP contribution in [0.4, 0.5) is 0 Å². The van der Waals surface area contributed by atoms with Gasteiger partial charge in [-0.15, -0.1) is 0 Å². The van der Waals surface area contributed by atoms with E-state index in [-0.39, 0.29) is 12.5 Å². The van der Waals surface area contributed by atoms with E-state index in [2.05, 4.69) is 5.32 Å². The maximum atomic E-state index is 11.0. The monoisotopic (exact) mass is 169 g/mol. The maximum Gasteiger partial charge on any atom is 0.246 e. The van der Waals surface area contributed by atoms with Gasteiger partial charge in [0.15, 0.2) is 0 Å². The summed E-state index contributed by atoms with van der Waals surface area (Å²) in [7, 11) is 0. The summed E-state index contributed by atoms with van der Waals surface area (Å²) in [5.74, 6) is -0.0278. The fraction of sp³-hybridized carbons (Fsp3) is 0.667. The summed E-state index contributed by atoms with van der Waals surface area (Å²) in [6.07, 6.45) is 6.39. The van der Waals surface area contributed by atoms with E-state index >= 15 is 0 Å². The number of hydrogen-bond donors (Lipinski definition) is 1. The lowest BCUT2D eigenvalue weighted by Gasteiger charge is -2.01.